The monoisotopic (exact) mass is 308 g/mol. The van der Waals surface area contributed by atoms with Gasteiger partial charge in [-0.05, 0) is 47.1 Å². The summed E-state index contributed by atoms with van der Waals surface area (Å²) in [5.41, 5.74) is 0.616. The summed E-state index contributed by atoms with van der Waals surface area (Å²) in [4.78, 5) is 18.0. The number of hydrogen-bond acceptors (Lipinski definition) is 3. The van der Waals surface area contributed by atoms with Crippen molar-refractivity contribution in [3.8, 4) is 0 Å². The average Bonchev–Trinajstić information content (AvgIpc) is 2.88. The summed E-state index contributed by atoms with van der Waals surface area (Å²) in [6.07, 6.45) is 3.22. The molecule has 0 aromatic carbocycles. The van der Waals surface area contributed by atoms with E-state index in [2.05, 4.69) is 20.9 Å². The Morgan fingerprint density at radius 3 is 2.94 bits per heavy atom. The molecule has 0 saturated heterocycles. The third-order valence-corrected chi connectivity index (χ3v) is 3.00. The normalized spacial score (nSPS) is 10.3. The molecule has 18 heavy (non-hydrogen) atoms. The lowest BCUT2D eigenvalue weighted by Crippen LogP contribution is -2.30. The van der Waals surface area contributed by atoms with Gasteiger partial charge in [0.25, 0.3) is 5.91 Å². The molecule has 0 spiro atoms. The van der Waals surface area contributed by atoms with Crippen LogP contribution in [0.5, 0.6) is 0 Å². The van der Waals surface area contributed by atoms with E-state index < -0.39 is 0 Å². The Morgan fingerprint density at radius 1 is 1.50 bits per heavy atom. The lowest BCUT2D eigenvalue weighted by atomic mass is 10.2. The summed E-state index contributed by atoms with van der Waals surface area (Å²) in [5.74, 6) is 0.746. The van der Waals surface area contributed by atoms with Gasteiger partial charge in [0, 0.05) is 18.3 Å². The molecule has 0 unspecified atom stereocenters. The maximum absolute atomic E-state index is 12.3. The van der Waals surface area contributed by atoms with Crippen molar-refractivity contribution < 1.29 is 9.21 Å². The first-order chi connectivity index (χ1) is 8.70. The van der Waals surface area contributed by atoms with Crippen molar-refractivity contribution in [1.82, 2.24) is 9.88 Å². The number of pyridine rings is 1. The standard InChI is InChI=1S/C13H13BrN2O2/c1-2-16(9-11-4-3-7-18-11)13(17)10-5-6-15-12(14)8-10/h3-8H,2,9H2,1H3. The minimum atomic E-state index is -0.0306. The molecule has 0 atom stereocenters. The molecule has 1 amide bonds. The van der Waals surface area contributed by atoms with E-state index in [9.17, 15) is 4.79 Å². The number of aromatic nitrogens is 1. The van der Waals surface area contributed by atoms with Crippen molar-refractivity contribution in [2.45, 2.75) is 13.5 Å². The molecule has 5 heteroatoms. The maximum Gasteiger partial charge on any atom is 0.254 e. The number of halogens is 1. The van der Waals surface area contributed by atoms with Crippen LogP contribution >= 0.6 is 15.9 Å². The molecule has 0 N–H and O–H groups in total. The lowest BCUT2D eigenvalue weighted by molar-refractivity contribution is 0.0741. The fraction of sp³-hybridized carbons (Fsp3) is 0.231. The summed E-state index contributed by atoms with van der Waals surface area (Å²) in [7, 11) is 0. The quantitative estimate of drug-likeness (QED) is 0.815. The van der Waals surface area contributed by atoms with Crippen LogP contribution in [0.15, 0.2) is 45.7 Å². The second-order valence-corrected chi connectivity index (χ2v) is 4.58. The van der Waals surface area contributed by atoms with E-state index in [0.29, 0.717) is 23.3 Å². The Morgan fingerprint density at radius 2 is 2.33 bits per heavy atom. The Hall–Kier alpha value is -1.62. The van der Waals surface area contributed by atoms with Crippen molar-refractivity contribution in [1.29, 1.82) is 0 Å². The Balaban J connectivity index is 2.15. The van der Waals surface area contributed by atoms with Crippen molar-refractivity contribution in [2.24, 2.45) is 0 Å². The average molecular weight is 309 g/mol. The molecule has 2 rings (SSSR count). The van der Waals surface area contributed by atoms with Gasteiger partial charge in [0.15, 0.2) is 0 Å². The van der Waals surface area contributed by atoms with Gasteiger partial charge in [-0.3, -0.25) is 4.79 Å². The molecule has 2 aromatic rings. The van der Waals surface area contributed by atoms with Crippen LogP contribution in [0, 0.1) is 0 Å². The zero-order valence-corrected chi connectivity index (χ0v) is 11.6. The molecule has 0 radical (unpaired) electrons. The Labute approximate surface area is 114 Å². The molecule has 0 aliphatic carbocycles. The van der Waals surface area contributed by atoms with Crippen LogP contribution in [-0.4, -0.2) is 22.3 Å². The number of rotatable bonds is 4. The molecular weight excluding hydrogens is 296 g/mol. The zero-order chi connectivity index (χ0) is 13.0. The molecule has 0 fully saturated rings. The molecular formula is C13H13BrN2O2. The SMILES string of the molecule is CCN(Cc1ccco1)C(=O)c1ccnc(Br)c1. The fourth-order valence-electron chi connectivity index (χ4n) is 1.64. The van der Waals surface area contributed by atoms with Gasteiger partial charge < -0.3 is 9.32 Å². The highest BCUT2D eigenvalue weighted by Gasteiger charge is 2.15. The second-order valence-electron chi connectivity index (χ2n) is 3.77. The van der Waals surface area contributed by atoms with Crippen molar-refractivity contribution in [3.63, 3.8) is 0 Å². The summed E-state index contributed by atoms with van der Waals surface area (Å²) < 4.78 is 5.92. The Kier molecular flexibility index (Phi) is 4.15. The zero-order valence-electron chi connectivity index (χ0n) is 9.97. The molecule has 2 aromatic heterocycles. The third-order valence-electron chi connectivity index (χ3n) is 2.57. The van der Waals surface area contributed by atoms with Crippen LogP contribution in [0.1, 0.15) is 23.0 Å². The van der Waals surface area contributed by atoms with Crippen LogP contribution < -0.4 is 0 Å². The fourth-order valence-corrected chi connectivity index (χ4v) is 2.00. The highest BCUT2D eigenvalue weighted by Crippen LogP contribution is 2.13. The maximum atomic E-state index is 12.3. The van der Waals surface area contributed by atoms with Gasteiger partial charge in [-0.1, -0.05) is 0 Å². The van der Waals surface area contributed by atoms with Gasteiger partial charge >= 0.3 is 0 Å². The van der Waals surface area contributed by atoms with Gasteiger partial charge in [-0.2, -0.15) is 0 Å². The molecule has 2 heterocycles. The number of nitrogens with zero attached hydrogens (tertiary/aromatic N) is 2. The van der Waals surface area contributed by atoms with E-state index in [4.69, 9.17) is 4.42 Å². The molecule has 4 nitrogen and oxygen atoms in total. The highest BCUT2D eigenvalue weighted by molar-refractivity contribution is 9.10. The number of carbonyl (C=O) groups is 1. The predicted molar refractivity (Wildman–Crippen MR) is 71.1 cm³/mol. The largest absolute Gasteiger partial charge is 0.467 e. The van der Waals surface area contributed by atoms with Crippen LogP contribution in [0.2, 0.25) is 0 Å². The van der Waals surface area contributed by atoms with E-state index >= 15 is 0 Å². The minimum Gasteiger partial charge on any atom is -0.467 e. The molecule has 0 bridgehead atoms. The van der Waals surface area contributed by atoms with E-state index in [-0.39, 0.29) is 5.91 Å². The summed E-state index contributed by atoms with van der Waals surface area (Å²) in [6.45, 7) is 3.04. The van der Waals surface area contributed by atoms with E-state index in [1.54, 1.807) is 29.5 Å². The van der Waals surface area contributed by atoms with Crippen molar-refractivity contribution >= 4 is 21.8 Å². The second kappa shape index (κ2) is 5.82. The first-order valence-electron chi connectivity index (χ1n) is 5.64. The number of furan rings is 1. The van der Waals surface area contributed by atoms with Gasteiger partial charge in [-0.15, -0.1) is 0 Å². The van der Waals surface area contributed by atoms with Crippen molar-refractivity contribution in [2.75, 3.05) is 6.54 Å². The lowest BCUT2D eigenvalue weighted by Gasteiger charge is -2.19. The molecule has 0 aliphatic rings. The van der Waals surface area contributed by atoms with Gasteiger partial charge in [-0.25, -0.2) is 4.98 Å². The van der Waals surface area contributed by atoms with Gasteiger partial charge in [0.05, 0.1) is 12.8 Å². The summed E-state index contributed by atoms with van der Waals surface area (Å²) in [6, 6.07) is 7.10. The Bertz CT molecular complexity index is 526. The predicted octanol–water partition coefficient (Wildman–Crippen LogP) is 3.10. The topological polar surface area (TPSA) is 46.3 Å². The van der Waals surface area contributed by atoms with Crippen LogP contribution in [0.3, 0.4) is 0 Å². The van der Waals surface area contributed by atoms with Crippen LogP contribution in [0.4, 0.5) is 0 Å². The first kappa shape index (κ1) is 12.8. The third kappa shape index (κ3) is 2.98. The first-order valence-corrected chi connectivity index (χ1v) is 6.43. The molecule has 0 aliphatic heterocycles. The number of hydrogen-bond donors (Lipinski definition) is 0. The van der Waals surface area contributed by atoms with Gasteiger partial charge in [0.1, 0.15) is 10.4 Å². The minimum absolute atomic E-state index is 0.0306. The smallest absolute Gasteiger partial charge is 0.254 e. The number of carbonyl (C=O) groups excluding carboxylic acids is 1. The summed E-state index contributed by atoms with van der Waals surface area (Å²) >= 11 is 3.26. The van der Waals surface area contributed by atoms with E-state index in [1.807, 2.05) is 19.1 Å². The van der Waals surface area contributed by atoms with E-state index in [1.165, 1.54) is 0 Å². The highest BCUT2D eigenvalue weighted by atomic mass is 79.9. The molecule has 0 saturated carbocycles. The molecule has 94 valence electrons. The van der Waals surface area contributed by atoms with Crippen LogP contribution in [0.25, 0.3) is 0 Å². The van der Waals surface area contributed by atoms with E-state index in [0.717, 1.165) is 5.76 Å². The summed E-state index contributed by atoms with van der Waals surface area (Å²) in [5, 5.41) is 0. The van der Waals surface area contributed by atoms with Crippen LogP contribution in [-0.2, 0) is 6.54 Å². The number of amides is 1. The van der Waals surface area contributed by atoms with Crippen molar-refractivity contribution in [3.05, 3.63) is 52.7 Å². The van der Waals surface area contributed by atoms with Gasteiger partial charge in [0.2, 0.25) is 0 Å².